The molecule has 0 aliphatic rings. The van der Waals surface area contributed by atoms with Crippen molar-refractivity contribution in [3.63, 3.8) is 0 Å². The number of nitrogens with zero attached hydrogens (tertiary/aromatic N) is 8. The van der Waals surface area contributed by atoms with E-state index < -0.39 is 0 Å². The van der Waals surface area contributed by atoms with Crippen LogP contribution in [0.2, 0.25) is 0 Å². The first-order valence-electron chi connectivity index (χ1n) is 8.94. The topological polar surface area (TPSA) is 108 Å². The Morgan fingerprint density at radius 1 is 1.10 bits per heavy atom. The lowest BCUT2D eigenvalue weighted by Gasteiger charge is -2.08. The van der Waals surface area contributed by atoms with Crippen LogP contribution in [0.25, 0.3) is 27.9 Å². The maximum absolute atomic E-state index is 5.22. The van der Waals surface area contributed by atoms with Gasteiger partial charge in [-0.3, -0.25) is 9.67 Å². The fraction of sp³-hybridized carbons (Fsp3) is 0.158. The van der Waals surface area contributed by atoms with Crippen LogP contribution in [0.15, 0.2) is 49.1 Å². The van der Waals surface area contributed by atoms with Gasteiger partial charge in [-0.1, -0.05) is 0 Å². The molecular weight excluding hydrogens is 370 g/mol. The summed E-state index contributed by atoms with van der Waals surface area (Å²) in [6, 6.07) is 7.52. The molecule has 10 heteroatoms. The third kappa shape index (κ3) is 3.10. The van der Waals surface area contributed by atoms with Crippen molar-refractivity contribution in [2.75, 3.05) is 12.4 Å². The molecular formula is C19H17N9O. The monoisotopic (exact) mass is 387 g/mol. The zero-order valence-corrected chi connectivity index (χ0v) is 15.8. The Labute approximate surface area is 165 Å². The van der Waals surface area contributed by atoms with Gasteiger partial charge in [0.2, 0.25) is 0 Å². The van der Waals surface area contributed by atoms with Crippen molar-refractivity contribution < 1.29 is 4.74 Å². The molecule has 144 valence electrons. The molecule has 0 radical (unpaired) electrons. The first kappa shape index (κ1) is 17.0. The molecule has 0 aliphatic heterocycles. The molecule has 5 heterocycles. The molecule has 0 unspecified atom stereocenters. The van der Waals surface area contributed by atoms with E-state index in [2.05, 4.69) is 35.7 Å². The Morgan fingerprint density at radius 2 is 2.03 bits per heavy atom. The number of aromatic nitrogens is 8. The zero-order valence-electron chi connectivity index (χ0n) is 15.8. The van der Waals surface area contributed by atoms with Gasteiger partial charge in [-0.25, -0.2) is 4.98 Å². The maximum atomic E-state index is 5.22. The normalized spacial score (nSPS) is 11.2. The van der Waals surface area contributed by atoms with E-state index >= 15 is 0 Å². The Balaban J connectivity index is 1.46. The predicted octanol–water partition coefficient (Wildman–Crippen LogP) is 2.09. The Hall–Kier alpha value is -4.08. The van der Waals surface area contributed by atoms with Crippen LogP contribution in [0.4, 0.5) is 5.69 Å². The molecule has 1 N–H and O–H groups in total. The zero-order chi connectivity index (χ0) is 19.8. The number of aryl methyl sites for hydroxylation is 1. The molecule has 5 aromatic rings. The van der Waals surface area contributed by atoms with Crippen LogP contribution in [-0.2, 0) is 13.6 Å². The van der Waals surface area contributed by atoms with Crippen LogP contribution in [0.3, 0.4) is 0 Å². The first-order valence-corrected chi connectivity index (χ1v) is 8.94. The molecule has 0 saturated carbocycles. The van der Waals surface area contributed by atoms with Gasteiger partial charge in [-0.2, -0.15) is 14.7 Å². The summed E-state index contributed by atoms with van der Waals surface area (Å²) in [5.74, 6) is 1.35. The third-order valence-electron chi connectivity index (χ3n) is 4.55. The lowest BCUT2D eigenvalue weighted by molar-refractivity contribution is 0.413. The summed E-state index contributed by atoms with van der Waals surface area (Å²) in [7, 11) is 3.48. The molecule has 0 aliphatic carbocycles. The van der Waals surface area contributed by atoms with Crippen molar-refractivity contribution in [2.45, 2.75) is 6.54 Å². The number of hydrogen-bond donors (Lipinski definition) is 1. The Morgan fingerprint density at radius 3 is 2.86 bits per heavy atom. The fourth-order valence-electron chi connectivity index (χ4n) is 3.09. The fourth-order valence-corrected chi connectivity index (χ4v) is 3.09. The second-order valence-electron chi connectivity index (χ2n) is 6.46. The predicted molar refractivity (Wildman–Crippen MR) is 106 cm³/mol. The largest absolute Gasteiger partial charge is 0.495 e. The number of methoxy groups -OCH3 is 1. The van der Waals surface area contributed by atoms with Crippen molar-refractivity contribution in [1.29, 1.82) is 0 Å². The molecule has 0 amide bonds. The third-order valence-corrected chi connectivity index (χ3v) is 4.55. The van der Waals surface area contributed by atoms with Crippen molar-refractivity contribution in [1.82, 2.24) is 39.6 Å². The van der Waals surface area contributed by atoms with E-state index in [0.29, 0.717) is 23.8 Å². The van der Waals surface area contributed by atoms with Gasteiger partial charge >= 0.3 is 0 Å². The maximum Gasteiger partial charge on any atom is 0.178 e. The van der Waals surface area contributed by atoms with E-state index in [1.807, 2.05) is 37.5 Å². The van der Waals surface area contributed by atoms with Crippen LogP contribution in [0.5, 0.6) is 5.75 Å². The van der Waals surface area contributed by atoms with E-state index in [9.17, 15) is 0 Å². The lowest BCUT2D eigenvalue weighted by Crippen LogP contribution is -2.07. The molecule has 10 nitrogen and oxygen atoms in total. The number of hydrogen-bond acceptors (Lipinski definition) is 8. The van der Waals surface area contributed by atoms with Crippen LogP contribution in [0, 0.1) is 0 Å². The van der Waals surface area contributed by atoms with Gasteiger partial charge in [-0.15, -0.1) is 10.2 Å². The smallest absolute Gasteiger partial charge is 0.178 e. The van der Waals surface area contributed by atoms with Crippen molar-refractivity contribution in [3.8, 4) is 17.0 Å². The molecule has 29 heavy (non-hydrogen) atoms. The summed E-state index contributed by atoms with van der Waals surface area (Å²) in [5, 5.41) is 20.7. The molecule has 0 aromatic carbocycles. The summed E-state index contributed by atoms with van der Waals surface area (Å²) in [6.45, 7) is 0.428. The number of ether oxygens (including phenoxy) is 1. The number of nitrogens with one attached hydrogen (secondary N) is 1. The summed E-state index contributed by atoms with van der Waals surface area (Å²) >= 11 is 0. The van der Waals surface area contributed by atoms with Crippen LogP contribution in [0.1, 0.15) is 5.82 Å². The van der Waals surface area contributed by atoms with E-state index in [1.54, 1.807) is 34.9 Å². The molecule has 5 aromatic heterocycles. The van der Waals surface area contributed by atoms with Crippen LogP contribution in [-0.4, -0.2) is 46.7 Å². The van der Waals surface area contributed by atoms with Crippen LogP contribution < -0.4 is 10.1 Å². The van der Waals surface area contributed by atoms with Gasteiger partial charge in [0.1, 0.15) is 11.3 Å². The molecule has 0 fully saturated rings. The number of pyridine rings is 2. The summed E-state index contributed by atoms with van der Waals surface area (Å²) < 4.78 is 8.69. The summed E-state index contributed by atoms with van der Waals surface area (Å²) in [6.07, 6.45) is 7.09. The number of fused-ring (bicyclic) bond motifs is 2. The van der Waals surface area contributed by atoms with Crippen LogP contribution >= 0.6 is 0 Å². The highest BCUT2D eigenvalue weighted by Crippen LogP contribution is 2.23. The quantitative estimate of drug-likeness (QED) is 0.488. The standard InChI is InChI=1S/C19H17N9O/c1-27-11-12(8-23-27)14-3-4-17-24-25-18(28(17)26-14)10-21-15-5-6-20-16-7-13(29-2)9-22-19(15)16/h3-9,11H,10H2,1-2H3,(H,20,21). The van der Waals surface area contributed by atoms with Gasteiger partial charge in [0.25, 0.3) is 0 Å². The average Bonchev–Trinajstić information content (AvgIpc) is 3.37. The lowest BCUT2D eigenvalue weighted by atomic mass is 10.2. The Bertz CT molecular complexity index is 1320. The highest BCUT2D eigenvalue weighted by Gasteiger charge is 2.11. The molecule has 0 bridgehead atoms. The summed E-state index contributed by atoms with van der Waals surface area (Å²) in [4.78, 5) is 8.81. The number of anilines is 1. The minimum atomic E-state index is 0.428. The SMILES string of the molecule is COc1cnc2c(NCc3nnc4ccc(-c5cnn(C)c5)nn34)ccnc2c1. The van der Waals surface area contributed by atoms with Crippen molar-refractivity contribution in [3.05, 3.63) is 54.9 Å². The summed E-state index contributed by atoms with van der Waals surface area (Å²) in [5.41, 5.74) is 4.76. The highest BCUT2D eigenvalue weighted by atomic mass is 16.5. The van der Waals surface area contributed by atoms with E-state index in [1.165, 1.54) is 0 Å². The second-order valence-corrected chi connectivity index (χ2v) is 6.46. The highest BCUT2D eigenvalue weighted by molar-refractivity contribution is 5.87. The van der Waals surface area contributed by atoms with Gasteiger partial charge in [0, 0.05) is 31.1 Å². The van der Waals surface area contributed by atoms with E-state index in [4.69, 9.17) is 4.74 Å². The molecule has 0 atom stereocenters. The number of rotatable bonds is 5. The van der Waals surface area contributed by atoms with Crippen molar-refractivity contribution in [2.24, 2.45) is 7.05 Å². The minimum Gasteiger partial charge on any atom is -0.495 e. The van der Waals surface area contributed by atoms with E-state index in [0.717, 1.165) is 28.0 Å². The molecule has 0 spiro atoms. The second kappa shape index (κ2) is 6.82. The molecule has 5 rings (SSSR count). The van der Waals surface area contributed by atoms with E-state index in [-0.39, 0.29) is 0 Å². The van der Waals surface area contributed by atoms with Gasteiger partial charge in [-0.05, 0) is 18.2 Å². The minimum absolute atomic E-state index is 0.428. The van der Waals surface area contributed by atoms with Gasteiger partial charge in [0.05, 0.1) is 42.9 Å². The van der Waals surface area contributed by atoms with Gasteiger partial charge < -0.3 is 10.1 Å². The average molecular weight is 387 g/mol. The Kier molecular flexibility index (Phi) is 4.01. The van der Waals surface area contributed by atoms with Crippen molar-refractivity contribution >= 4 is 22.4 Å². The van der Waals surface area contributed by atoms with Gasteiger partial charge in [0.15, 0.2) is 11.5 Å². The molecule has 0 saturated heterocycles. The first-order chi connectivity index (χ1) is 14.2.